The Bertz CT molecular complexity index is 950. The Hall–Kier alpha value is -2.19. The van der Waals surface area contributed by atoms with Crippen LogP contribution in [0.15, 0.2) is 18.2 Å². The Morgan fingerprint density at radius 1 is 1.06 bits per heavy atom. The quantitative estimate of drug-likeness (QED) is 0.599. The first-order chi connectivity index (χ1) is 15.1. The van der Waals surface area contributed by atoms with Gasteiger partial charge in [-0.1, -0.05) is 11.6 Å². The molecule has 1 unspecified atom stereocenters. The van der Waals surface area contributed by atoms with E-state index in [2.05, 4.69) is 4.90 Å². The van der Waals surface area contributed by atoms with Crippen LogP contribution in [0.1, 0.15) is 28.3 Å². The van der Waals surface area contributed by atoms with Crippen molar-refractivity contribution in [2.24, 2.45) is 0 Å². The number of methoxy groups -OCH3 is 2. The third kappa shape index (κ3) is 4.28. The van der Waals surface area contributed by atoms with E-state index in [4.69, 9.17) is 35.7 Å². The topological polar surface area (TPSA) is 80.6 Å². The van der Waals surface area contributed by atoms with Gasteiger partial charge in [-0.3, -0.25) is 4.90 Å². The Labute approximate surface area is 187 Å². The number of ether oxygens (including phenoxy) is 4. The first-order valence-electron chi connectivity index (χ1n) is 10.4. The molecule has 8 heteroatoms. The number of hydrogen-bond donors (Lipinski definition) is 2. The van der Waals surface area contributed by atoms with Crippen molar-refractivity contribution >= 4 is 11.6 Å². The first kappa shape index (κ1) is 22.0. The van der Waals surface area contributed by atoms with E-state index >= 15 is 0 Å². The zero-order valence-electron chi connectivity index (χ0n) is 17.8. The fraction of sp³-hybridized carbons (Fsp3) is 0.478. The number of halogens is 1. The van der Waals surface area contributed by atoms with Gasteiger partial charge in [-0.25, -0.2) is 0 Å². The minimum atomic E-state index is -0.0150. The maximum absolute atomic E-state index is 10.3. The van der Waals surface area contributed by atoms with E-state index in [0.29, 0.717) is 48.5 Å². The second-order valence-corrected chi connectivity index (χ2v) is 8.10. The molecule has 2 aromatic carbocycles. The maximum Gasteiger partial charge on any atom is 0.166 e. The number of rotatable bonds is 8. The number of nitrogens with zero attached hydrogens (tertiary/aromatic N) is 1. The molecule has 0 aliphatic carbocycles. The summed E-state index contributed by atoms with van der Waals surface area (Å²) in [5, 5.41) is 19.8. The van der Waals surface area contributed by atoms with Crippen LogP contribution in [-0.2, 0) is 24.1 Å². The summed E-state index contributed by atoms with van der Waals surface area (Å²) in [5.74, 6) is 1.95. The van der Waals surface area contributed by atoms with Gasteiger partial charge in [0, 0.05) is 35.8 Å². The summed E-state index contributed by atoms with van der Waals surface area (Å²) in [4.78, 5) is 2.39. The number of phenolic OH excluding ortho intramolecular Hbond substituents is 1. The molecule has 2 aliphatic rings. The fourth-order valence-electron chi connectivity index (χ4n) is 4.52. The van der Waals surface area contributed by atoms with Gasteiger partial charge < -0.3 is 29.2 Å². The highest BCUT2D eigenvalue weighted by Gasteiger charge is 2.36. The zero-order valence-corrected chi connectivity index (χ0v) is 18.6. The van der Waals surface area contributed by atoms with Crippen LogP contribution in [0, 0.1) is 0 Å². The Morgan fingerprint density at radius 2 is 1.87 bits per heavy atom. The van der Waals surface area contributed by atoms with Crippen LogP contribution in [-0.4, -0.2) is 62.3 Å². The zero-order chi connectivity index (χ0) is 22.0. The highest BCUT2D eigenvalue weighted by molar-refractivity contribution is 6.31. The van der Waals surface area contributed by atoms with Crippen molar-refractivity contribution in [3.8, 4) is 23.0 Å². The molecule has 31 heavy (non-hydrogen) atoms. The summed E-state index contributed by atoms with van der Waals surface area (Å²) < 4.78 is 22.2. The number of phenols is 1. The maximum atomic E-state index is 10.3. The van der Waals surface area contributed by atoms with Crippen molar-refractivity contribution in [3.63, 3.8) is 0 Å². The molecule has 0 saturated carbocycles. The number of benzene rings is 2. The van der Waals surface area contributed by atoms with Gasteiger partial charge in [0.05, 0.1) is 34.0 Å². The summed E-state index contributed by atoms with van der Waals surface area (Å²) in [6, 6.07) is 5.69. The van der Waals surface area contributed by atoms with Crippen LogP contribution in [0.3, 0.4) is 0 Å². The lowest BCUT2D eigenvalue weighted by atomic mass is 9.83. The van der Waals surface area contributed by atoms with E-state index in [1.54, 1.807) is 20.3 Å². The molecule has 0 saturated heterocycles. The van der Waals surface area contributed by atoms with Gasteiger partial charge in [0.15, 0.2) is 23.0 Å². The van der Waals surface area contributed by atoms with Crippen LogP contribution in [0.4, 0.5) is 0 Å². The van der Waals surface area contributed by atoms with Crippen LogP contribution < -0.4 is 14.2 Å². The van der Waals surface area contributed by atoms with Gasteiger partial charge in [-0.2, -0.15) is 0 Å². The standard InChI is InChI=1S/C23H28ClNO6/c1-28-21-9-14-3-4-25-13-17-16(10-19(25)15(14)11-20(21)27)18(24)12-22(29-2)23(17)31-8-7-30-6-5-26/h9,11-12,19,26-27H,3-8,10,13H2,1-2H3. The average molecular weight is 450 g/mol. The molecular weight excluding hydrogens is 422 g/mol. The lowest BCUT2D eigenvalue weighted by Crippen LogP contribution is -2.39. The van der Waals surface area contributed by atoms with Crippen LogP contribution in [0.25, 0.3) is 0 Å². The number of fused-ring (bicyclic) bond motifs is 4. The molecule has 2 heterocycles. The smallest absolute Gasteiger partial charge is 0.166 e. The Balaban J connectivity index is 1.65. The van der Waals surface area contributed by atoms with Gasteiger partial charge >= 0.3 is 0 Å². The molecule has 0 aromatic heterocycles. The third-order valence-electron chi connectivity index (χ3n) is 6.01. The molecule has 0 fully saturated rings. The van der Waals surface area contributed by atoms with Crippen molar-refractivity contribution in [3.05, 3.63) is 45.5 Å². The van der Waals surface area contributed by atoms with Gasteiger partial charge in [0.1, 0.15) is 6.61 Å². The lowest BCUT2D eigenvalue weighted by molar-refractivity contribution is 0.0689. The van der Waals surface area contributed by atoms with Crippen molar-refractivity contribution in [2.75, 3.05) is 47.2 Å². The molecule has 0 amide bonds. The Kier molecular flexibility index (Phi) is 6.77. The molecule has 0 bridgehead atoms. The van der Waals surface area contributed by atoms with Crippen molar-refractivity contribution < 1.29 is 29.2 Å². The second-order valence-electron chi connectivity index (χ2n) is 7.69. The average Bonchev–Trinajstić information content (AvgIpc) is 2.78. The van der Waals surface area contributed by atoms with Crippen molar-refractivity contribution in [1.29, 1.82) is 0 Å². The summed E-state index contributed by atoms with van der Waals surface area (Å²) in [6.45, 7) is 2.56. The summed E-state index contributed by atoms with van der Waals surface area (Å²) >= 11 is 6.66. The number of aromatic hydroxyl groups is 1. The monoisotopic (exact) mass is 449 g/mol. The predicted octanol–water partition coefficient (Wildman–Crippen LogP) is 3.11. The van der Waals surface area contributed by atoms with E-state index in [1.807, 2.05) is 12.1 Å². The van der Waals surface area contributed by atoms with E-state index in [-0.39, 0.29) is 25.0 Å². The van der Waals surface area contributed by atoms with Crippen LogP contribution >= 0.6 is 11.6 Å². The SMILES string of the molecule is COc1cc2c(cc1O)C1Cc3c(Cl)cc(OC)c(OCCOCCO)c3CN1CC2. The third-order valence-corrected chi connectivity index (χ3v) is 6.34. The normalized spacial score (nSPS) is 17.5. The summed E-state index contributed by atoms with van der Waals surface area (Å²) in [5.41, 5.74) is 4.38. The molecule has 2 aromatic rings. The lowest BCUT2D eigenvalue weighted by Gasteiger charge is -2.42. The fourth-order valence-corrected chi connectivity index (χ4v) is 4.81. The first-order valence-corrected chi connectivity index (χ1v) is 10.8. The van der Waals surface area contributed by atoms with E-state index < -0.39 is 0 Å². The van der Waals surface area contributed by atoms with E-state index in [1.165, 1.54) is 5.56 Å². The van der Waals surface area contributed by atoms with Crippen LogP contribution in [0.2, 0.25) is 5.02 Å². The van der Waals surface area contributed by atoms with Crippen molar-refractivity contribution in [1.82, 2.24) is 4.90 Å². The minimum Gasteiger partial charge on any atom is -0.504 e. The van der Waals surface area contributed by atoms with Crippen LogP contribution in [0.5, 0.6) is 23.0 Å². The second kappa shape index (κ2) is 9.53. The molecule has 0 spiro atoms. The number of aliphatic hydroxyl groups is 1. The van der Waals surface area contributed by atoms with Gasteiger partial charge in [-0.15, -0.1) is 0 Å². The molecule has 2 aliphatic heterocycles. The van der Waals surface area contributed by atoms with Crippen molar-refractivity contribution in [2.45, 2.75) is 25.4 Å². The highest BCUT2D eigenvalue weighted by atomic mass is 35.5. The molecule has 4 rings (SSSR count). The summed E-state index contributed by atoms with van der Waals surface area (Å²) in [7, 11) is 3.17. The molecular formula is C23H28ClNO6. The molecule has 168 valence electrons. The highest BCUT2D eigenvalue weighted by Crippen LogP contribution is 2.48. The Morgan fingerprint density at radius 3 is 2.61 bits per heavy atom. The van der Waals surface area contributed by atoms with Gasteiger partial charge in [-0.05, 0) is 41.7 Å². The summed E-state index contributed by atoms with van der Waals surface area (Å²) in [6.07, 6.45) is 1.59. The van der Waals surface area contributed by atoms with Gasteiger partial charge in [0.2, 0.25) is 0 Å². The van der Waals surface area contributed by atoms with E-state index in [9.17, 15) is 5.11 Å². The molecule has 2 N–H and O–H groups in total. The molecule has 0 radical (unpaired) electrons. The van der Waals surface area contributed by atoms with Gasteiger partial charge in [0.25, 0.3) is 0 Å². The largest absolute Gasteiger partial charge is 0.504 e. The van der Waals surface area contributed by atoms with E-state index in [0.717, 1.165) is 29.7 Å². The predicted molar refractivity (Wildman–Crippen MR) is 117 cm³/mol. The minimum absolute atomic E-state index is 0.0150. The number of aliphatic hydroxyl groups excluding tert-OH is 1. The molecule has 1 atom stereocenters. The molecule has 7 nitrogen and oxygen atoms in total. The number of hydrogen-bond acceptors (Lipinski definition) is 7.